The summed E-state index contributed by atoms with van der Waals surface area (Å²) in [6.07, 6.45) is -0.0371. The Morgan fingerprint density at radius 3 is 2.41 bits per heavy atom. The number of para-hydroxylation sites is 1. The molecule has 0 saturated heterocycles. The monoisotopic (exact) mass is 299 g/mol. The molecule has 2 aromatic rings. The third-order valence-corrected chi connectivity index (χ3v) is 3.05. The van der Waals surface area contributed by atoms with E-state index in [1.54, 1.807) is 24.3 Å². The van der Waals surface area contributed by atoms with Gasteiger partial charge in [-0.2, -0.15) is 0 Å². The van der Waals surface area contributed by atoms with Crippen LogP contribution in [0.4, 0.5) is 5.69 Å². The molecule has 2 N–H and O–H groups in total. The number of amides is 1. The standard InChI is InChI=1S/C17H17NO4/c1-12-4-2-3-5-15(12)22-11-16(19)18-14-8-6-13(7-9-14)10-17(20)21/h2-9H,10-11H2,1H3,(H,18,19)(H,20,21). The van der Waals surface area contributed by atoms with E-state index in [-0.39, 0.29) is 18.9 Å². The number of rotatable bonds is 6. The van der Waals surface area contributed by atoms with Crippen molar-refractivity contribution in [3.8, 4) is 5.75 Å². The van der Waals surface area contributed by atoms with Crippen molar-refractivity contribution in [1.29, 1.82) is 0 Å². The summed E-state index contributed by atoms with van der Waals surface area (Å²) >= 11 is 0. The molecule has 5 heteroatoms. The zero-order valence-corrected chi connectivity index (χ0v) is 12.2. The predicted octanol–water partition coefficient (Wildman–Crippen LogP) is 2.64. The van der Waals surface area contributed by atoms with Crippen LogP contribution in [0.15, 0.2) is 48.5 Å². The molecule has 2 aromatic carbocycles. The highest BCUT2D eigenvalue weighted by Crippen LogP contribution is 2.16. The van der Waals surface area contributed by atoms with E-state index in [2.05, 4.69) is 5.32 Å². The van der Waals surface area contributed by atoms with Crippen LogP contribution in [0.2, 0.25) is 0 Å². The Kier molecular flexibility index (Phi) is 5.14. The fraction of sp³-hybridized carbons (Fsp3) is 0.176. The Labute approximate surface area is 128 Å². The average Bonchev–Trinajstić information content (AvgIpc) is 2.48. The maximum atomic E-state index is 11.8. The quantitative estimate of drug-likeness (QED) is 0.859. The molecule has 0 heterocycles. The first-order valence-electron chi connectivity index (χ1n) is 6.83. The Morgan fingerprint density at radius 2 is 1.77 bits per heavy atom. The van der Waals surface area contributed by atoms with Crippen LogP contribution in [0.1, 0.15) is 11.1 Å². The smallest absolute Gasteiger partial charge is 0.307 e. The Morgan fingerprint density at radius 1 is 1.09 bits per heavy atom. The SMILES string of the molecule is Cc1ccccc1OCC(=O)Nc1ccc(CC(=O)O)cc1. The van der Waals surface area contributed by atoms with Gasteiger partial charge in [0.2, 0.25) is 0 Å². The van der Waals surface area contributed by atoms with E-state index in [4.69, 9.17) is 9.84 Å². The zero-order chi connectivity index (χ0) is 15.9. The minimum Gasteiger partial charge on any atom is -0.483 e. The highest BCUT2D eigenvalue weighted by atomic mass is 16.5. The molecular weight excluding hydrogens is 282 g/mol. The summed E-state index contributed by atoms with van der Waals surface area (Å²) in [6, 6.07) is 14.2. The van der Waals surface area contributed by atoms with Crippen LogP contribution in [0.5, 0.6) is 5.75 Å². The van der Waals surface area contributed by atoms with E-state index in [1.165, 1.54) is 0 Å². The molecule has 2 rings (SSSR count). The summed E-state index contributed by atoms with van der Waals surface area (Å²) < 4.78 is 5.46. The van der Waals surface area contributed by atoms with Gasteiger partial charge in [0.25, 0.3) is 5.91 Å². The molecular formula is C17H17NO4. The predicted molar refractivity (Wildman–Crippen MR) is 83.1 cm³/mol. The minimum atomic E-state index is -0.886. The average molecular weight is 299 g/mol. The highest BCUT2D eigenvalue weighted by Gasteiger charge is 2.06. The molecule has 0 spiro atoms. The Balaban J connectivity index is 1.87. The summed E-state index contributed by atoms with van der Waals surface area (Å²) in [5, 5.41) is 11.4. The number of ether oxygens (including phenoxy) is 1. The fourth-order valence-corrected chi connectivity index (χ4v) is 1.94. The van der Waals surface area contributed by atoms with Crippen LogP contribution in [-0.2, 0) is 16.0 Å². The molecule has 1 amide bonds. The first-order chi connectivity index (χ1) is 10.5. The molecule has 22 heavy (non-hydrogen) atoms. The number of anilines is 1. The fourth-order valence-electron chi connectivity index (χ4n) is 1.94. The molecule has 0 fully saturated rings. The number of benzene rings is 2. The number of hydrogen-bond donors (Lipinski definition) is 2. The molecule has 0 saturated carbocycles. The lowest BCUT2D eigenvalue weighted by Crippen LogP contribution is -2.20. The Bertz CT molecular complexity index is 665. The summed E-state index contributed by atoms with van der Waals surface area (Å²) in [4.78, 5) is 22.4. The van der Waals surface area contributed by atoms with Gasteiger partial charge in [-0.15, -0.1) is 0 Å². The third-order valence-electron chi connectivity index (χ3n) is 3.05. The van der Waals surface area contributed by atoms with E-state index >= 15 is 0 Å². The zero-order valence-electron chi connectivity index (χ0n) is 12.2. The van der Waals surface area contributed by atoms with Crippen LogP contribution in [0, 0.1) is 6.92 Å². The normalized spacial score (nSPS) is 10.0. The minimum absolute atomic E-state index is 0.0371. The van der Waals surface area contributed by atoms with Gasteiger partial charge in [-0.25, -0.2) is 0 Å². The van der Waals surface area contributed by atoms with E-state index in [0.29, 0.717) is 17.0 Å². The van der Waals surface area contributed by atoms with Gasteiger partial charge in [0.05, 0.1) is 6.42 Å². The molecule has 0 aliphatic heterocycles. The van der Waals surface area contributed by atoms with Gasteiger partial charge in [0.15, 0.2) is 6.61 Å². The summed E-state index contributed by atoms with van der Waals surface area (Å²) in [6.45, 7) is 1.83. The summed E-state index contributed by atoms with van der Waals surface area (Å²) in [5.74, 6) is -0.480. The van der Waals surface area contributed by atoms with E-state index in [1.807, 2.05) is 31.2 Å². The van der Waals surface area contributed by atoms with Gasteiger partial charge in [-0.3, -0.25) is 9.59 Å². The first kappa shape index (κ1) is 15.6. The van der Waals surface area contributed by atoms with E-state index < -0.39 is 5.97 Å². The van der Waals surface area contributed by atoms with Gasteiger partial charge < -0.3 is 15.2 Å². The van der Waals surface area contributed by atoms with Crippen molar-refractivity contribution in [2.45, 2.75) is 13.3 Å². The molecule has 0 radical (unpaired) electrons. The number of hydrogen-bond acceptors (Lipinski definition) is 3. The second kappa shape index (κ2) is 7.26. The van der Waals surface area contributed by atoms with Crippen molar-refractivity contribution in [3.63, 3.8) is 0 Å². The maximum Gasteiger partial charge on any atom is 0.307 e. The van der Waals surface area contributed by atoms with Gasteiger partial charge in [0.1, 0.15) is 5.75 Å². The molecule has 0 bridgehead atoms. The van der Waals surface area contributed by atoms with Crippen molar-refractivity contribution in [1.82, 2.24) is 0 Å². The maximum absolute atomic E-state index is 11.8. The van der Waals surface area contributed by atoms with Crippen LogP contribution in [0.25, 0.3) is 0 Å². The van der Waals surface area contributed by atoms with Crippen molar-refractivity contribution in [2.75, 3.05) is 11.9 Å². The second-order valence-corrected chi connectivity index (χ2v) is 4.87. The second-order valence-electron chi connectivity index (χ2n) is 4.87. The van der Waals surface area contributed by atoms with Crippen LogP contribution >= 0.6 is 0 Å². The number of nitrogens with one attached hydrogen (secondary N) is 1. The number of carbonyl (C=O) groups is 2. The molecule has 0 aliphatic rings. The van der Waals surface area contributed by atoms with Crippen molar-refractivity contribution >= 4 is 17.6 Å². The van der Waals surface area contributed by atoms with Crippen LogP contribution in [-0.4, -0.2) is 23.6 Å². The first-order valence-corrected chi connectivity index (χ1v) is 6.83. The summed E-state index contributed by atoms with van der Waals surface area (Å²) in [7, 11) is 0. The van der Waals surface area contributed by atoms with Gasteiger partial charge in [-0.1, -0.05) is 30.3 Å². The van der Waals surface area contributed by atoms with Crippen LogP contribution in [0.3, 0.4) is 0 Å². The van der Waals surface area contributed by atoms with E-state index in [0.717, 1.165) is 5.56 Å². The molecule has 0 aromatic heterocycles. The Hall–Kier alpha value is -2.82. The number of carbonyl (C=O) groups excluding carboxylic acids is 1. The summed E-state index contributed by atoms with van der Waals surface area (Å²) in [5.41, 5.74) is 2.25. The molecule has 0 aliphatic carbocycles. The lowest BCUT2D eigenvalue weighted by atomic mass is 10.1. The number of aliphatic carboxylic acids is 1. The lowest BCUT2D eigenvalue weighted by Gasteiger charge is -2.09. The van der Waals surface area contributed by atoms with Crippen LogP contribution < -0.4 is 10.1 Å². The largest absolute Gasteiger partial charge is 0.483 e. The number of carboxylic acids is 1. The molecule has 114 valence electrons. The van der Waals surface area contributed by atoms with E-state index in [9.17, 15) is 9.59 Å². The van der Waals surface area contributed by atoms with Crippen molar-refractivity contribution < 1.29 is 19.4 Å². The van der Waals surface area contributed by atoms with Crippen molar-refractivity contribution in [3.05, 3.63) is 59.7 Å². The van der Waals surface area contributed by atoms with Gasteiger partial charge in [-0.05, 0) is 36.2 Å². The van der Waals surface area contributed by atoms with Crippen molar-refractivity contribution in [2.24, 2.45) is 0 Å². The third kappa shape index (κ3) is 4.63. The molecule has 0 atom stereocenters. The highest BCUT2D eigenvalue weighted by molar-refractivity contribution is 5.91. The van der Waals surface area contributed by atoms with Gasteiger partial charge >= 0.3 is 5.97 Å². The van der Waals surface area contributed by atoms with Gasteiger partial charge in [0, 0.05) is 5.69 Å². The lowest BCUT2D eigenvalue weighted by molar-refractivity contribution is -0.136. The molecule has 0 unspecified atom stereocenters. The number of aryl methyl sites for hydroxylation is 1. The topological polar surface area (TPSA) is 75.6 Å². The number of carboxylic acid groups (broad SMARTS) is 1. The molecule has 5 nitrogen and oxygen atoms in total.